The van der Waals surface area contributed by atoms with Gasteiger partial charge in [0, 0.05) is 18.2 Å². The van der Waals surface area contributed by atoms with Gasteiger partial charge >= 0.3 is 5.97 Å². The van der Waals surface area contributed by atoms with E-state index in [1.165, 1.54) is 51.3 Å². The van der Waals surface area contributed by atoms with Crippen molar-refractivity contribution in [2.45, 2.75) is 52.1 Å². The molecule has 2 rings (SSSR count). The third kappa shape index (κ3) is 5.01. The van der Waals surface area contributed by atoms with E-state index in [2.05, 4.69) is 5.32 Å². The molecule has 0 saturated heterocycles. The predicted octanol–water partition coefficient (Wildman–Crippen LogP) is 3.15. The SMILES string of the molecule is Cc1c(C(=O)O[C@@H](C)C(=O)NCC2CCCCC2)cccc1[N+](=O)[O-]. The zero-order chi connectivity index (χ0) is 18.4. The first-order chi connectivity index (χ1) is 11.9. The largest absolute Gasteiger partial charge is 0.449 e. The molecule has 1 aromatic rings. The fraction of sp³-hybridized carbons (Fsp3) is 0.556. The molecule has 0 heterocycles. The van der Waals surface area contributed by atoms with Crippen LogP contribution >= 0.6 is 0 Å². The van der Waals surface area contributed by atoms with Gasteiger partial charge in [0.25, 0.3) is 11.6 Å². The van der Waals surface area contributed by atoms with Gasteiger partial charge in [0.1, 0.15) is 0 Å². The van der Waals surface area contributed by atoms with Crippen molar-refractivity contribution in [3.05, 3.63) is 39.4 Å². The van der Waals surface area contributed by atoms with Gasteiger partial charge in [-0.05, 0) is 38.7 Å². The Morgan fingerprint density at radius 1 is 1.32 bits per heavy atom. The summed E-state index contributed by atoms with van der Waals surface area (Å²) in [5.41, 5.74) is 0.178. The molecular weight excluding hydrogens is 324 g/mol. The number of esters is 1. The van der Waals surface area contributed by atoms with Crippen molar-refractivity contribution in [2.24, 2.45) is 5.92 Å². The normalized spacial score (nSPS) is 16.1. The van der Waals surface area contributed by atoms with E-state index in [4.69, 9.17) is 4.74 Å². The topological polar surface area (TPSA) is 98.5 Å². The van der Waals surface area contributed by atoms with Crippen molar-refractivity contribution in [3.63, 3.8) is 0 Å². The summed E-state index contributed by atoms with van der Waals surface area (Å²) in [6, 6.07) is 4.21. The Kier molecular flexibility index (Phi) is 6.50. The van der Waals surface area contributed by atoms with Crippen LogP contribution in [0.2, 0.25) is 0 Å². The molecule has 0 spiro atoms. The molecule has 7 nitrogen and oxygen atoms in total. The number of rotatable bonds is 6. The number of hydrogen-bond acceptors (Lipinski definition) is 5. The van der Waals surface area contributed by atoms with Gasteiger partial charge in [-0.15, -0.1) is 0 Å². The second-order valence-corrected chi connectivity index (χ2v) is 6.50. The smallest absolute Gasteiger partial charge is 0.339 e. The number of nitrogens with zero attached hydrogens (tertiary/aromatic N) is 1. The van der Waals surface area contributed by atoms with Gasteiger partial charge in [0.15, 0.2) is 6.10 Å². The zero-order valence-corrected chi connectivity index (χ0v) is 14.6. The van der Waals surface area contributed by atoms with E-state index in [0.29, 0.717) is 12.5 Å². The van der Waals surface area contributed by atoms with E-state index in [-0.39, 0.29) is 22.7 Å². The number of amides is 1. The highest BCUT2D eigenvalue weighted by atomic mass is 16.6. The van der Waals surface area contributed by atoms with Crippen LogP contribution in [0, 0.1) is 23.0 Å². The molecule has 25 heavy (non-hydrogen) atoms. The molecule has 1 aromatic carbocycles. The lowest BCUT2D eigenvalue weighted by molar-refractivity contribution is -0.385. The van der Waals surface area contributed by atoms with Crippen LogP contribution in [0.5, 0.6) is 0 Å². The van der Waals surface area contributed by atoms with Gasteiger partial charge < -0.3 is 10.1 Å². The number of hydrogen-bond donors (Lipinski definition) is 1. The minimum Gasteiger partial charge on any atom is -0.449 e. The molecule has 1 N–H and O–H groups in total. The molecule has 0 aromatic heterocycles. The molecule has 1 fully saturated rings. The van der Waals surface area contributed by atoms with E-state index >= 15 is 0 Å². The van der Waals surface area contributed by atoms with E-state index < -0.39 is 17.0 Å². The first kappa shape index (κ1) is 18.9. The maximum absolute atomic E-state index is 12.2. The maximum Gasteiger partial charge on any atom is 0.339 e. The number of ether oxygens (including phenoxy) is 1. The molecule has 1 aliphatic carbocycles. The number of carbonyl (C=O) groups excluding carboxylic acids is 2. The highest BCUT2D eigenvalue weighted by Gasteiger charge is 2.24. The molecule has 136 valence electrons. The quantitative estimate of drug-likeness (QED) is 0.484. The monoisotopic (exact) mass is 348 g/mol. The molecule has 0 unspecified atom stereocenters. The lowest BCUT2D eigenvalue weighted by Crippen LogP contribution is -2.38. The average molecular weight is 348 g/mol. The third-order valence-corrected chi connectivity index (χ3v) is 4.66. The summed E-state index contributed by atoms with van der Waals surface area (Å²) in [7, 11) is 0. The fourth-order valence-electron chi connectivity index (χ4n) is 3.10. The molecule has 0 radical (unpaired) electrons. The van der Waals surface area contributed by atoms with Gasteiger partial charge in [-0.25, -0.2) is 4.79 Å². The first-order valence-corrected chi connectivity index (χ1v) is 8.63. The second-order valence-electron chi connectivity index (χ2n) is 6.50. The lowest BCUT2D eigenvalue weighted by Gasteiger charge is -2.22. The van der Waals surface area contributed by atoms with Crippen molar-refractivity contribution >= 4 is 17.6 Å². The second kappa shape index (κ2) is 8.60. The summed E-state index contributed by atoms with van der Waals surface area (Å²) in [6.07, 6.45) is 4.91. The number of nitrogens with one attached hydrogen (secondary N) is 1. The van der Waals surface area contributed by atoms with Crippen LogP contribution < -0.4 is 5.32 Å². The Morgan fingerprint density at radius 3 is 2.64 bits per heavy atom. The van der Waals surface area contributed by atoms with Crippen LogP contribution in [0.15, 0.2) is 18.2 Å². The van der Waals surface area contributed by atoms with Gasteiger partial charge in [-0.1, -0.05) is 25.3 Å². The van der Waals surface area contributed by atoms with Crippen molar-refractivity contribution in [3.8, 4) is 0 Å². The molecule has 0 aliphatic heterocycles. The number of carbonyl (C=O) groups is 2. The Balaban J connectivity index is 1.92. The Hall–Kier alpha value is -2.44. The van der Waals surface area contributed by atoms with Crippen LogP contribution in [0.4, 0.5) is 5.69 Å². The van der Waals surface area contributed by atoms with E-state index in [0.717, 1.165) is 12.8 Å². The van der Waals surface area contributed by atoms with Crippen LogP contribution in [-0.4, -0.2) is 29.4 Å². The number of nitro benzene ring substituents is 1. The van der Waals surface area contributed by atoms with Gasteiger partial charge in [0.05, 0.1) is 10.5 Å². The summed E-state index contributed by atoms with van der Waals surface area (Å²) < 4.78 is 5.18. The van der Waals surface area contributed by atoms with E-state index in [1.807, 2.05) is 0 Å². The van der Waals surface area contributed by atoms with Crippen LogP contribution in [-0.2, 0) is 9.53 Å². The van der Waals surface area contributed by atoms with Crippen molar-refractivity contribution < 1.29 is 19.2 Å². The summed E-state index contributed by atoms with van der Waals surface area (Å²) in [6.45, 7) is 3.58. The maximum atomic E-state index is 12.2. The molecular formula is C18H24N2O5. The Morgan fingerprint density at radius 2 is 2.00 bits per heavy atom. The van der Waals surface area contributed by atoms with Crippen LogP contribution in [0.1, 0.15) is 54.9 Å². The fourth-order valence-corrected chi connectivity index (χ4v) is 3.10. The third-order valence-electron chi connectivity index (χ3n) is 4.66. The summed E-state index contributed by atoms with van der Waals surface area (Å²) in [5, 5.41) is 13.8. The molecule has 1 amide bonds. The molecule has 1 aliphatic rings. The van der Waals surface area contributed by atoms with Crippen LogP contribution in [0.3, 0.4) is 0 Å². The lowest BCUT2D eigenvalue weighted by atomic mass is 9.89. The number of nitro groups is 1. The minimum absolute atomic E-state index is 0.0983. The molecule has 1 saturated carbocycles. The molecule has 1 atom stereocenters. The van der Waals surface area contributed by atoms with Crippen molar-refractivity contribution in [1.29, 1.82) is 0 Å². The van der Waals surface area contributed by atoms with E-state index in [1.54, 1.807) is 0 Å². The summed E-state index contributed by atoms with van der Waals surface area (Å²) >= 11 is 0. The Labute approximate surface area is 146 Å². The molecule has 0 bridgehead atoms. The highest BCUT2D eigenvalue weighted by molar-refractivity contribution is 5.94. The first-order valence-electron chi connectivity index (χ1n) is 8.63. The minimum atomic E-state index is -0.949. The predicted molar refractivity (Wildman–Crippen MR) is 92.3 cm³/mol. The van der Waals surface area contributed by atoms with Crippen molar-refractivity contribution in [1.82, 2.24) is 5.32 Å². The van der Waals surface area contributed by atoms with E-state index in [9.17, 15) is 19.7 Å². The molecule has 7 heteroatoms. The standard InChI is InChI=1S/C18H24N2O5/c1-12-15(9-6-10-16(12)20(23)24)18(22)25-13(2)17(21)19-11-14-7-4-3-5-8-14/h6,9-10,13-14H,3-5,7-8,11H2,1-2H3,(H,19,21)/t13-/m0/s1. The summed E-state index contributed by atoms with van der Waals surface area (Å²) in [4.78, 5) is 34.8. The van der Waals surface area contributed by atoms with Gasteiger partial charge in [-0.2, -0.15) is 0 Å². The summed E-state index contributed by atoms with van der Waals surface area (Å²) in [5.74, 6) is -0.594. The highest BCUT2D eigenvalue weighted by Crippen LogP contribution is 2.23. The number of benzene rings is 1. The van der Waals surface area contributed by atoms with Crippen molar-refractivity contribution in [2.75, 3.05) is 6.54 Å². The Bertz CT molecular complexity index is 653. The average Bonchev–Trinajstić information content (AvgIpc) is 2.60. The zero-order valence-electron chi connectivity index (χ0n) is 14.6. The van der Waals surface area contributed by atoms with Crippen LogP contribution in [0.25, 0.3) is 0 Å². The van der Waals surface area contributed by atoms with Gasteiger partial charge in [0.2, 0.25) is 0 Å². The van der Waals surface area contributed by atoms with Gasteiger partial charge in [-0.3, -0.25) is 14.9 Å².